The second kappa shape index (κ2) is 15.5. The average Bonchev–Trinajstić information content (AvgIpc) is 3.57. The van der Waals surface area contributed by atoms with Gasteiger partial charge < -0.3 is 4.74 Å². The molecule has 1 saturated heterocycles. The minimum Gasteiger partial charge on any atom is -0.444 e. The lowest BCUT2D eigenvalue weighted by molar-refractivity contribution is 0.0161. The van der Waals surface area contributed by atoms with Crippen molar-refractivity contribution in [1.82, 2.24) is 4.90 Å². The molecule has 1 aliphatic heterocycles. The van der Waals surface area contributed by atoms with Crippen molar-refractivity contribution in [2.45, 2.75) is 48.9 Å². The monoisotopic (exact) mass is 737 g/mol. The van der Waals surface area contributed by atoms with E-state index < -0.39 is 31.9 Å². The van der Waals surface area contributed by atoms with E-state index in [0.29, 0.717) is 6.54 Å². The molecule has 7 rings (SSSR count). The number of carbonyl (C=O) groups is 1. The lowest BCUT2D eigenvalue weighted by atomic mass is 9.81. The summed E-state index contributed by atoms with van der Waals surface area (Å²) < 4.78 is 6.50. The molecule has 52 heavy (non-hydrogen) atoms. The Bertz CT molecular complexity index is 1920. The first-order valence-electron chi connectivity index (χ1n) is 17.9. The zero-order valence-electron chi connectivity index (χ0n) is 30.0. The highest BCUT2D eigenvalue weighted by molar-refractivity contribution is 7.75. The Balaban J connectivity index is 1.60. The molecule has 6 aromatic rings. The van der Waals surface area contributed by atoms with Crippen LogP contribution in [0.4, 0.5) is 4.79 Å². The highest BCUT2D eigenvalue weighted by atomic mass is 31.1. The molecular formula is C46H46NO2P3. The van der Waals surface area contributed by atoms with Crippen molar-refractivity contribution in [2.24, 2.45) is 0 Å². The van der Waals surface area contributed by atoms with Crippen molar-refractivity contribution in [1.29, 1.82) is 0 Å². The average molecular weight is 738 g/mol. The van der Waals surface area contributed by atoms with Gasteiger partial charge in [0.2, 0.25) is 0 Å². The summed E-state index contributed by atoms with van der Waals surface area (Å²) in [5.74, 6) is 0. The van der Waals surface area contributed by atoms with Gasteiger partial charge >= 0.3 is 6.09 Å². The van der Waals surface area contributed by atoms with Crippen molar-refractivity contribution in [2.75, 3.05) is 6.54 Å². The standard InChI is InChI=1S/C46H46NO2P3/c1-44(2,3)49-43(48)47-35-42(51(38-26-14-6-15-27-38)39-28-16-7-17-29-39)34-45(47,52(40-30-18-8-19-31-40)41-32-20-9-21-33-41)46(50,36-22-10-4-11-23-36)37-24-12-5-13-25-37/h4-33,42H,34-35,50H2,1-3H3. The highest BCUT2D eigenvalue weighted by Crippen LogP contribution is 2.70. The van der Waals surface area contributed by atoms with Gasteiger partial charge in [0.05, 0.1) is 10.4 Å². The minimum atomic E-state index is -1.26. The van der Waals surface area contributed by atoms with E-state index in [1.807, 2.05) is 20.8 Å². The van der Waals surface area contributed by atoms with Crippen molar-refractivity contribution in [3.05, 3.63) is 193 Å². The van der Waals surface area contributed by atoms with Gasteiger partial charge in [-0.15, -0.1) is 9.24 Å². The first kappa shape index (κ1) is 36.2. The van der Waals surface area contributed by atoms with E-state index in [-0.39, 0.29) is 11.8 Å². The number of rotatable bonds is 9. The van der Waals surface area contributed by atoms with Crippen LogP contribution in [0, 0.1) is 0 Å². The smallest absolute Gasteiger partial charge is 0.411 e. The molecule has 0 radical (unpaired) electrons. The quantitative estimate of drug-likeness (QED) is 0.138. The van der Waals surface area contributed by atoms with E-state index in [4.69, 9.17) is 4.74 Å². The van der Waals surface area contributed by atoms with E-state index >= 15 is 4.79 Å². The Labute approximate surface area is 314 Å². The number of amides is 1. The predicted octanol–water partition coefficient (Wildman–Crippen LogP) is 9.78. The van der Waals surface area contributed by atoms with E-state index in [1.54, 1.807) is 0 Å². The van der Waals surface area contributed by atoms with Gasteiger partial charge in [0.25, 0.3) is 0 Å². The summed E-state index contributed by atoms with van der Waals surface area (Å²) in [6, 6.07) is 65.3. The Hall–Kier alpha value is -4.12. The second-order valence-electron chi connectivity index (χ2n) is 14.4. The molecule has 0 spiro atoms. The van der Waals surface area contributed by atoms with Crippen LogP contribution in [0.3, 0.4) is 0 Å². The summed E-state index contributed by atoms with van der Waals surface area (Å²) >= 11 is 0. The summed E-state index contributed by atoms with van der Waals surface area (Å²) in [5.41, 5.74) is 1.72. The largest absolute Gasteiger partial charge is 0.444 e. The fourth-order valence-electron chi connectivity index (χ4n) is 7.85. The second-order valence-corrected chi connectivity index (χ2v) is 20.2. The lowest BCUT2D eigenvalue weighted by Gasteiger charge is -2.56. The Morgan fingerprint density at radius 1 is 0.596 bits per heavy atom. The predicted molar refractivity (Wildman–Crippen MR) is 226 cm³/mol. The van der Waals surface area contributed by atoms with Gasteiger partial charge in [-0.3, -0.25) is 4.90 Å². The number of hydrogen-bond acceptors (Lipinski definition) is 2. The van der Waals surface area contributed by atoms with Crippen LogP contribution in [0.25, 0.3) is 0 Å². The van der Waals surface area contributed by atoms with Crippen LogP contribution in [-0.2, 0) is 9.89 Å². The molecule has 6 heteroatoms. The Morgan fingerprint density at radius 3 is 1.31 bits per heavy atom. The number of hydrogen-bond donors (Lipinski definition) is 0. The van der Waals surface area contributed by atoms with Gasteiger partial charge in [0, 0.05) is 12.2 Å². The third kappa shape index (κ3) is 7.00. The summed E-state index contributed by atoms with van der Waals surface area (Å²) in [5, 5.41) is 3.53. The van der Waals surface area contributed by atoms with Crippen LogP contribution in [-0.4, -0.2) is 34.1 Å². The van der Waals surface area contributed by atoms with Crippen LogP contribution in [0.2, 0.25) is 0 Å². The van der Waals surface area contributed by atoms with E-state index in [1.165, 1.54) is 21.2 Å². The van der Waals surface area contributed by atoms with Crippen molar-refractivity contribution < 1.29 is 9.53 Å². The topological polar surface area (TPSA) is 29.5 Å². The number of nitrogens with zero attached hydrogens (tertiary/aromatic N) is 1. The summed E-state index contributed by atoms with van der Waals surface area (Å²) in [6.45, 7) is 6.47. The summed E-state index contributed by atoms with van der Waals surface area (Å²) in [7, 11) is 1.24. The van der Waals surface area contributed by atoms with Crippen LogP contribution in [0.5, 0.6) is 0 Å². The zero-order chi connectivity index (χ0) is 36.2. The molecule has 0 N–H and O–H groups in total. The van der Waals surface area contributed by atoms with Gasteiger partial charge in [0.1, 0.15) is 5.60 Å². The molecule has 0 aliphatic carbocycles. The molecule has 3 atom stereocenters. The minimum absolute atomic E-state index is 0.122. The summed E-state index contributed by atoms with van der Waals surface area (Å²) in [6.07, 6.45) is 0.481. The van der Waals surface area contributed by atoms with Gasteiger partial charge in [-0.2, -0.15) is 0 Å². The highest BCUT2D eigenvalue weighted by Gasteiger charge is 2.65. The molecule has 0 saturated carbocycles. The van der Waals surface area contributed by atoms with Crippen LogP contribution in [0.1, 0.15) is 38.3 Å². The molecule has 3 unspecified atom stereocenters. The molecular weight excluding hydrogens is 691 g/mol. The van der Waals surface area contributed by atoms with E-state index in [0.717, 1.165) is 17.5 Å². The van der Waals surface area contributed by atoms with Gasteiger partial charge in [-0.05, 0) is 75.4 Å². The lowest BCUT2D eigenvalue weighted by Crippen LogP contribution is -2.60. The Morgan fingerprint density at radius 2 is 0.942 bits per heavy atom. The molecule has 0 aromatic heterocycles. The Kier molecular flexibility index (Phi) is 10.8. The summed E-state index contributed by atoms with van der Waals surface area (Å²) in [4.78, 5) is 17.5. The maximum atomic E-state index is 15.3. The van der Waals surface area contributed by atoms with Crippen LogP contribution in [0.15, 0.2) is 182 Å². The molecule has 1 fully saturated rings. The van der Waals surface area contributed by atoms with Crippen molar-refractivity contribution in [3.8, 4) is 0 Å². The molecule has 1 aliphatic rings. The molecule has 3 nitrogen and oxygen atoms in total. The van der Waals surface area contributed by atoms with Gasteiger partial charge in [-0.25, -0.2) is 4.79 Å². The first-order chi connectivity index (χ1) is 25.2. The number of benzene rings is 6. The van der Waals surface area contributed by atoms with Crippen LogP contribution >= 0.6 is 25.1 Å². The maximum absolute atomic E-state index is 15.3. The molecule has 0 bridgehead atoms. The van der Waals surface area contributed by atoms with Crippen molar-refractivity contribution >= 4 is 52.4 Å². The normalized spacial score (nSPS) is 17.7. The van der Waals surface area contributed by atoms with Gasteiger partial charge in [0.15, 0.2) is 0 Å². The molecule has 262 valence electrons. The number of ether oxygens (including phenoxy) is 1. The number of carbonyl (C=O) groups excluding carboxylic acids is 1. The van der Waals surface area contributed by atoms with E-state index in [9.17, 15) is 0 Å². The van der Waals surface area contributed by atoms with E-state index in [2.05, 4.69) is 196 Å². The SMILES string of the molecule is CC(C)(C)OC(=O)N1CC(P(c2ccccc2)c2ccccc2)CC1(P(c1ccccc1)c1ccccc1)C(P)(c1ccccc1)c1ccccc1. The maximum Gasteiger partial charge on any atom is 0.411 e. The third-order valence-electron chi connectivity index (χ3n) is 9.90. The fourth-order valence-corrected chi connectivity index (χ4v) is 15.5. The fraction of sp³-hybridized carbons (Fsp3) is 0.196. The van der Waals surface area contributed by atoms with Crippen LogP contribution < -0.4 is 21.2 Å². The molecule has 1 amide bonds. The number of likely N-dealkylation sites (tertiary alicyclic amines) is 1. The molecule has 6 aromatic carbocycles. The third-order valence-corrected chi connectivity index (χ3v) is 17.2. The first-order valence-corrected chi connectivity index (χ1v) is 21.3. The van der Waals surface area contributed by atoms with Crippen molar-refractivity contribution in [3.63, 3.8) is 0 Å². The molecule has 1 heterocycles. The zero-order valence-corrected chi connectivity index (χ0v) is 33.0. The van der Waals surface area contributed by atoms with Gasteiger partial charge in [-0.1, -0.05) is 182 Å².